The first-order valence-electron chi connectivity index (χ1n) is 32.7. The van der Waals surface area contributed by atoms with Crippen LogP contribution in [0.25, 0.3) is 0 Å². The van der Waals surface area contributed by atoms with Crippen molar-refractivity contribution in [3.63, 3.8) is 0 Å². The highest BCUT2D eigenvalue weighted by atomic mass is 16.6. The normalized spacial score (nSPS) is 12.7. The second kappa shape index (κ2) is 64.9. The van der Waals surface area contributed by atoms with Gasteiger partial charge in [-0.2, -0.15) is 0 Å². The van der Waals surface area contributed by atoms with E-state index in [4.69, 9.17) is 14.2 Å². The van der Waals surface area contributed by atoms with Crippen molar-refractivity contribution in [3.8, 4) is 0 Å². The van der Waals surface area contributed by atoms with Crippen LogP contribution in [0, 0.1) is 0 Å². The van der Waals surface area contributed by atoms with Gasteiger partial charge in [0, 0.05) is 19.3 Å². The minimum Gasteiger partial charge on any atom is -0.462 e. The quantitative estimate of drug-likeness (QED) is 0.0261. The molecule has 0 heterocycles. The molecule has 0 saturated carbocycles. The van der Waals surface area contributed by atoms with E-state index in [0.29, 0.717) is 19.3 Å². The van der Waals surface area contributed by atoms with Gasteiger partial charge in [-0.1, -0.05) is 272 Å². The first kappa shape index (κ1) is 73.3. The molecule has 0 aromatic heterocycles. The van der Waals surface area contributed by atoms with E-state index in [1.807, 2.05) is 0 Å². The lowest BCUT2D eigenvalue weighted by atomic mass is 10.0. The Bertz CT molecular complexity index is 1510. The number of unbranched alkanes of at least 4 members (excludes halogenated alkanes) is 32. The Morgan fingerprint density at radius 1 is 0.273 bits per heavy atom. The fourth-order valence-corrected chi connectivity index (χ4v) is 9.14. The number of allylic oxidation sites excluding steroid dienone is 16. The second-order valence-electron chi connectivity index (χ2n) is 21.6. The highest BCUT2D eigenvalue weighted by molar-refractivity contribution is 5.71. The van der Waals surface area contributed by atoms with E-state index >= 15 is 0 Å². The highest BCUT2D eigenvalue weighted by Crippen LogP contribution is 2.16. The van der Waals surface area contributed by atoms with Crippen molar-refractivity contribution >= 4 is 17.9 Å². The molecule has 1 atom stereocenters. The molecule has 0 aromatic rings. The van der Waals surface area contributed by atoms with Crippen LogP contribution in [0.3, 0.4) is 0 Å². The Hall–Kier alpha value is -3.67. The van der Waals surface area contributed by atoms with Crippen molar-refractivity contribution in [2.24, 2.45) is 0 Å². The molecule has 442 valence electrons. The van der Waals surface area contributed by atoms with Crippen molar-refractivity contribution in [2.45, 2.75) is 322 Å². The molecule has 6 heteroatoms. The number of carbonyl (C=O) groups excluding carboxylic acids is 3. The summed E-state index contributed by atoms with van der Waals surface area (Å²) in [5.74, 6) is -0.900. The van der Waals surface area contributed by atoms with E-state index in [0.717, 1.165) is 122 Å². The maximum Gasteiger partial charge on any atom is 0.306 e. The third-order valence-corrected chi connectivity index (χ3v) is 14.0. The van der Waals surface area contributed by atoms with Gasteiger partial charge < -0.3 is 14.2 Å². The van der Waals surface area contributed by atoms with Crippen LogP contribution in [0.1, 0.15) is 316 Å². The van der Waals surface area contributed by atoms with E-state index in [2.05, 4.69) is 118 Å². The van der Waals surface area contributed by atoms with Gasteiger partial charge in [0.1, 0.15) is 13.2 Å². The summed E-state index contributed by atoms with van der Waals surface area (Å²) in [6, 6.07) is 0. The van der Waals surface area contributed by atoms with Crippen LogP contribution in [0.2, 0.25) is 0 Å². The fourth-order valence-electron chi connectivity index (χ4n) is 9.14. The molecule has 0 fully saturated rings. The zero-order valence-corrected chi connectivity index (χ0v) is 50.7. The molecule has 0 N–H and O–H groups in total. The first-order valence-corrected chi connectivity index (χ1v) is 32.7. The summed E-state index contributed by atoms with van der Waals surface area (Å²) in [7, 11) is 0. The predicted molar refractivity (Wildman–Crippen MR) is 334 cm³/mol. The molecule has 0 amide bonds. The number of carbonyl (C=O) groups is 3. The minimum absolute atomic E-state index is 0.0863. The van der Waals surface area contributed by atoms with Crippen LogP contribution in [0.5, 0.6) is 0 Å². The van der Waals surface area contributed by atoms with Crippen molar-refractivity contribution < 1.29 is 28.6 Å². The van der Waals surface area contributed by atoms with E-state index in [9.17, 15) is 14.4 Å². The van der Waals surface area contributed by atoms with Gasteiger partial charge >= 0.3 is 17.9 Å². The van der Waals surface area contributed by atoms with E-state index in [1.54, 1.807) is 0 Å². The van der Waals surface area contributed by atoms with Gasteiger partial charge in [-0.15, -0.1) is 0 Å². The van der Waals surface area contributed by atoms with Gasteiger partial charge in [0.05, 0.1) is 0 Å². The first-order chi connectivity index (χ1) is 38.0. The van der Waals surface area contributed by atoms with Gasteiger partial charge in [-0.3, -0.25) is 14.4 Å². The lowest BCUT2D eigenvalue weighted by molar-refractivity contribution is -0.167. The van der Waals surface area contributed by atoms with Crippen LogP contribution in [-0.4, -0.2) is 37.2 Å². The average molecular weight is 1070 g/mol. The molecular weight excluding hydrogens is 949 g/mol. The van der Waals surface area contributed by atoms with E-state index in [1.165, 1.54) is 154 Å². The fraction of sp³-hybridized carbons (Fsp3) is 0.732. The SMILES string of the molecule is CC/C=C\C/C=C\C/C=C\C/C=C\C/C=C\CCCCCCCCCCCCCC(=O)OCC(COC(=O)CCCCCCC/C=C\CCCCCCCCC)OC(=O)CCCCCCC/C=C\C/C=C\CCCCCC. The Kier molecular flexibility index (Phi) is 61.8. The summed E-state index contributed by atoms with van der Waals surface area (Å²) < 4.78 is 16.9. The van der Waals surface area contributed by atoms with Crippen molar-refractivity contribution in [1.82, 2.24) is 0 Å². The molecule has 0 aliphatic heterocycles. The lowest BCUT2D eigenvalue weighted by Crippen LogP contribution is -2.30. The molecule has 0 saturated heterocycles. The smallest absolute Gasteiger partial charge is 0.306 e. The standard InChI is InChI=1S/C71H122O6/c1-4-7-10-13-16-19-22-25-28-31-32-33-34-35-36-37-38-39-40-41-44-46-49-52-55-58-61-64-70(73)76-67-68(77-71(74)65-62-59-56-53-50-47-43-30-27-24-21-18-15-12-9-6-3)66-75-69(72)63-60-57-54-51-48-45-42-29-26-23-20-17-14-11-8-5-2/h7,10,16,19,21,24-25,28-30,32-33,35-36,42-43,68H,4-6,8-9,11-15,17-18,20,22-23,26-27,31,34,37-41,44-67H2,1-3H3/b10-7-,19-16-,24-21-,28-25-,33-32-,36-35-,42-29-,43-30-. The third kappa shape index (κ3) is 63.0. The maximum absolute atomic E-state index is 12.9. The van der Waals surface area contributed by atoms with Crippen molar-refractivity contribution in [2.75, 3.05) is 13.2 Å². The summed E-state index contributed by atoms with van der Waals surface area (Å²) in [4.78, 5) is 38.3. The molecule has 77 heavy (non-hydrogen) atoms. The van der Waals surface area contributed by atoms with Gasteiger partial charge in [0.15, 0.2) is 6.10 Å². The maximum atomic E-state index is 12.9. The summed E-state index contributed by atoms with van der Waals surface area (Å²) in [6.07, 6.45) is 87.0. The Balaban J connectivity index is 4.34. The topological polar surface area (TPSA) is 78.9 Å². The zero-order chi connectivity index (χ0) is 55.7. The predicted octanol–water partition coefficient (Wildman–Crippen LogP) is 22.4. The number of hydrogen-bond acceptors (Lipinski definition) is 6. The number of hydrogen-bond donors (Lipinski definition) is 0. The van der Waals surface area contributed by atoms with Crippen molar-refractivity contribution in [3.05, 3.63) is 97.2 Å². The summed E-state index contributed by atoms with van der Waals surface area (Å²) >= 11 is 0. The van der Waals surface area contributed by atoms with Gasteiger partial charge in [0.2, 0.25) is 0 Å². The average Bonchev–Trinajstić information content (AvgIpc) is 3.43. The Labute approximate surface area is 477 Å². The number of ether oxygens (including phenoxy) is 3. The molecule has 0 rings (SSSR count). The van der Waals surface area contributed by atoms with Crippen LogP contribution < -0.4 is 0 Å². The summed E-state index contributed by atoms with van der Waals surface area (Å²) in [5, 5.41) is 0. The zero-order valence-electron chi connectivity index (χ0n) is 50.7. The Morgan fingerprint density at radius 2 is 0.506 bits per heavy atom. The molecule has 0 radical (unpaired) electrons. The van der Waals surface area contributed by atoms with Crippen molar-refractivity contribution in [1.29, 1.82) is 0 Å². The summed E-state index contributed by atoms with van der Waals surface area (Å²) in [5.41, 5.74) is 0. The van der Waals surface area contributed by atoms with Gasteiger partial charge in [-0.05, 0) is 122 Å². The van der Waals surface area contributed by atoms with Crippen LogP contribution >= 0.6 is 0 Å². The van der Waals surface area contributed by atoms with Crippen LogP contribution in [-0.2, 0) is 28.6 Å². The number of esters is 3. The monoisotopic (exact) mass is 1070 g/mol. The van der Waals surface area contributed by atoms with Crippen LogP contribution in [0.15, 0.2) is 97.2 Å². The molecular formula is C71H122O6. The highest BCUT2D eigenvalue weighted by Gasteiger charge is 2.19. The van der Waals surface area contributed by atoms with Gasteiger partial charge in [0.25, 0.3) is 0 Å². The molecule has 1 unspecified atom stereocenters. The van der Waals surface area contributed by atoms with Gasteiger partial charge in [-0.25, -0.2) is 0 Å². The van der Waals surface area contributed by atoms with E-state index in [-0.39, 0.29) is 31.1 Å². The van der Waals surface area contributed by atoms with Crippen LogP contribution in [0.4, 0.5) is 0 Å². The molecule has 0 aliphatic rings. The minimum atomic E-state index is -0.791. The third-order valence-electron chi connectivity index (χ3n) is 14.0. The molecule has 6 nitrogen and oxygen atoms in total. The molecule has 0 bridgehead atoms. The molecule has 0 aliphatic carbocycles. The molecule has 0 spiro atoms. The number of rotatable bonds is 59. The second-order valence-corrected chi connectivity index (χ2v) is 21.6. The molecule has 0 aromatic carbocycles. The Morgan fingerprint density at radius 3 is 0.818 bits per heavy atom. The van der Waals surface area contributed by atoms with E-state index < -0.39 is 6.10 Å². The lowest BCUT2D eigenvalue weighted by Gasteiger charge is -2.18. The summed E-state index contributed by atoms with van der Waals surface area (Å²) in [6.45, 7) is 6.51. The largest absolute Gasteiger partial charge is 0.462 e.